The standard InChI is InChI=1S/C22H37N3OS/c1-3-4-5-8-12-23-22(27)25(19-21-11-7-6-10-20(21)2)14-9-13-24-15-17-26-18-16-24/h6-7,10-11H,3-5,8-9,12-19H2,1-2H3,(H,23,27). The van der Waals surface area contributed by atoms with Gasteiger partial charge in [0, 0.05) is 39.3 Å². The summed E-state index contributed by atoms with van der Waals surface area (Å²) in [5, 5.41) is 4.39. The summed E-state index contributed by atoms with van der Waals surface area (Å²) in [5.41, 5.74) is 2.69. The Hall–Kier alpha value is -1.17. The minimum Gasteiger partial charge on any atom is -0.379 e. The molecule has 5 heteroatoms. The van der Waals surface area contributed by atoms with E-state index in [2.05, 4.69) is 53.2 Å². The average Bonchev–Trinajstić information content (AvgIpc) is 2.69. The van der Waals surface area contributed by atoms with Gasteiger partial charge in [0.2, 0.25) is 0 Å². The number of benzene rings is 1. The molecule has 1 heterocycles. The maximum Gasteiger partial charge on any atom is 0.169 e. The molecule has 0 atom stereocenters. The Balaban J connectivity index is 1.84. The van der Waals surface area contributed by atoms with Crippen molar-refractivity contribution in [2.75, 3.05) is 45.9 Å². The van der Waals surface area contributed by atoms with Crippen molar-refractivity contribution < 1.29 is 4.74 Å². The molecule has 1 aromatic rings. The van der Waals surface area contributed by atoms with E-state index in [-0.39, 0.29) is 0 Å². The van der Waals surface area contributed by atoms with Crippen LogP contribution in [0.5, 0.6) is 0 Å². The predicted octanol–water partition coefficient (Wildman–Crippen LogP) is 3.97. The summed E-state index contributed by atoms with van der Waals surface area (Å²) in [6, 6.07) is 8.62. The van der Waals surface area contributed by atoms with Crippen LogP contribution < -0.4 is 5.32 Å². The van der Waals surface area contributed by atoms with Crippen LogP contribution in [0.1, 0.15) is 50.2 Å². The van der Waals surface area contributed by atoms with Gasteiger partial charge in [-0.3, -0.25) is 4.90 Å². The normalized spacial score (nSPS) is 14.9. The first kappa shape index (κ1) is 22.1. The summed E-state index contributed by atoms with van der Waals surface area (Å²) in [7, 11) is 0. The van der Waals surface area contributed by atoms with E-state index in [4.69, 9.17) is 17.0 Å². The van der Waals surface area contributed by atoms with E-state index in [1.54, 1.807) is 0 Å². The van der Waals surface area contributed by atoms with Crippen LogP contribution in [-0.2, 0) is 11.3 Å². The summed E-state index contributed by atoms with van der Waals surface area (Å²) >= 11 is 5.75. The first-order valence-electron chi connectivity index (χ1n) is 10.6. The van der Waals surface area contributed by atoms with Crippen molar-refractivity contribution in [1.82, 2.24) is 15.1 Å². The van der Waals surface area contributed by atoms with Gasteiger partial charge in [-0.15, -0.1) is 0 Å². The maximum absolute atomic E-state index is 5.75. The number of morpholine rings is 1. The summed E-state index contributed by atoms with van der Waals surface area (Å²) in [6.07, 6.45) is 6.18. The number of thiocarbonyl (C=S) groups is 1. The second kappa shape index (κ2) is 13.1. The van der Waals surface area contributed by atoms with Gasteiger partial charge >= 0.3 is 0 Å². The van der Waals surface area contributed by atoms with E-state index in [1.807, 2.05) is 0 Å². The molecule has 0 aliphatic carbocycles. The lowest BCUT2D eigenvalue weighted by Crippen LogP contribution is -2.42. The molecule has 1 aromatic carbocycles. The van der Waals surface area contributed by atoms with E-state index in [1.165, 1.54) is 36.8 Å². The molecule has 1 saturated heterocycles. The SMILES string of the molecule is CCCCCCNC(=S)N(CCCN1CCOCC1)Cc1ccccc1C. The van der Waals surface area contributed by atoms with Gasteiger partial charge in [-0.2, -0.15) is 0 Å². The molecule has 0 unspecified atom stereocenters. The lowest BCUT2D eigenvalue weighted by molar-refractivity contribution is 0.0367. The molecule has 1 aliphatic heterocycles. The van der Waals surface area contributed by atoms with Gasteiger partial charge < -0.3 is 15.0 Å². The van der Waals surface area contributed by atoms with Gasteiger partial charge in [0.1, 0.15) is 0 Å². The fourth-order valence-electron chi connectivity index (χ4n) is 3.41. The first-order valence-corrected chi connectivity index (χ1v) is 11.0. The summed E-state index contributed by atoms with van der Waals surface area (Å²) in [4.78, 5) is 4.84. The lowest BCUT2D eigenvalue weighted by Gasteiger charge is -2.30. The van der Waals surface area contributed by atoms with Crippen molar-refractivity contribution in [1.29, 1.82) is 0 Å². The highest BCUT2D eigenvalue weighted by atomic mass is 32.1. The Labute approximate surface area is 171 Å². The Kier molecular flexibility index (Phi) is 10.7. The van der Waals surface area contributed by atoms with E-state index in [0.29, 0.717) is 0 Å². The highest BCUT2D eigenvalue weighted by Gasteiger charge is 2.14. The third-order valence-electron chi connectivity index (χ3n) is 5.22. The zero-order valence-electron chi connectivity index (χ0n) is 17.2. The highest BCUT2D eigenvalue weighted by Crippen LogP contribution is 2.12. The second-order valence-electron chi connectivity index (χ2n) is 7.45. The van der Waals surface area contributed by atoms with Gasteiger partial charge in [-0.25, -0.2) is 0 Å². The molecule has 0 spiro atoms. The molecule has 1 aliphatic rings. The van der Waals surface area contributed by atoms with E-state index < -0.39 is 0 Å². The smallest absolute Gasteiger partial charge is 0.169 e. The predicted molar refractivity (Wildman–Crippen MR) is 118 cm³/mol. The monoisotopic (exact) mass is 391 g/mol. The first-order chi connectivity index (χ1) is 13.2. The summed E-state index contributed by atoms with van der Waals surface area (Å²) in [6.45, 7) is 12.2. The fourth-order valence-corrected chi connectivity index (χ4v) is 3.67. The van der Waals surface area contributed by atoms with E-state index in [0.717, 1.165) is 64.0 Å². The van der Waals surface area contributed by atoms with Crippen LogP contribution in [0.4, 0.5) is 0 Å². The zero-order chi connectivity index (χ0) is 19.3. The molecule has 0 saturated carbocycles. The molecule has 1 fully saturated rings. The number of nitrogens with zero attached hydrogens (tertiary/aromatic N) is 2. The summed E-state index contributed by atoms with van der Waals surface area (Å²) < 4.78 is 5.45. The summed E-state index contributed by atoms with van der Waals surface area (Å²) in [5.74, 6) is 0. The van der Waals surface area contributed by atoms with Crippen LogP contribution in [0.25, 0.3) is 0 Å². The van der Waals surface area contributed by atoms with E-state index >= 15 is 0 Å². The number of unbranched alkanes of at least 4 members (excludes halogenated alkanes) is 3. The molecule has 0 amide bonds. The minimum atomic E-state index is 0.866. The van der Waals surface area contributed by atoms with Gasteiger partial charge in [0.05, 0.1) is 13.2 Å². The molecule has 2 rings (SSSR count). The molecular weight excluding hydrogens is 354 g/mol. The maximum atomic E-state index is 5.75. The topological polar surface area (TPSA) is 27.7 Å². The van der Waals surface area contributed by atoms with Crippen LogP contribution in [0.2, 0.25) is 0 Å². The minimum absolute atomic E-state index is 0.866. The van der Waals surface area contributed by atoms with Gasteiger partial charge in [-0.05, 0) is 43.1 Å². The molecular formula is C22H37N3OS. The molecule has 0 radical (unpaired) electrons. The van der Waals surface area contributed by atoms with Gasteiger partial charge in [0.25, 0.3) is 0 Å². The van der Waals surface area contributed by atoms with Gasteiger partial charge in [0.15, 0.2) is 5.11 Å². The average molecular weight is 392 g/mol. The van der Waals surface area contributed by atoms with Crippen molar-refractivity contribution in [3.8, 4) is 0 Å². The number of hydrogen-bond donors (Lipinski definition) is 1. The van der Waals surface area contributed by atoms with Crippen molar-refractivity contribution in [2.24, 2.45) is 0 Å². The Morgan fingerprint density at radius 3 is 2.67 bits per heavy atom. The molecule has 0 aromatic heterocycles. The zero-order valence-corrected chi connectivity index (χ0v) is 18.0. The second-order valence-corrected chi connectivity index (χ2v) is 7.83. The van der Waals surface area contributed by atoms with Crippen molar-refractivity contribution >= 4 is 17.3 Å². The van der Waals surface area contributed by atoms with Gasteiger partial charge in [-0.1, -0.05) is 50.5 Å². The fraction of sp³-hybridized carbons (Fsp3) is 0.682. The van der Waals surface area contributed by atoms with Crippen LogP contribution in [0, 0.1) is 6.92 Å². The molecule has 1 N–H and O–H groups in total. The molecule has 0 bridgehead atoms. The van der Waals surface area contributed by atoms with Crippen molar-refractivity contribution in [3.05, 3.63) is 35.4 Å². The van der Waals surface area contributed by atoms with Crippen LogP contribution in [0.3, 0.4) is 0 Å². The van der Waals surface area contributed by atoms with Crippen LogP contribution in [-0.4, -0.2) is 60.8 Å². The number of rotatable bonds is 11. The third kappa shape index (κ3) is 8.58. The van der Waals surface area contributed by atoms with Crippen molar-refractivity contribution in [3.63, 3.8) is 0 Å². The number of ether oxygens (including phenoxy) is 1. The number of aryl methyl sites for hydroxylation is 1. The highest BCUT2D eigenvalue weighted by molar-refractivity contribution is 7.80. The third-order valence-corrected chi connectivity index (χ3v) is 5.62. The Morgan fingerprint density at radius 1 is 1.15 bits per heavy atom. The van der Waals surface area contributed by atoms with Crippen molar-refractivity contribution in [2.45, 2.75) is 52.5 Å². The molecule has 27 heavy (non-hydrogen) atoms. The lowest BCUT2D eigenvalue weighted by atomic mass is 10.1. The Morgan fingerprint density at radius 2 is 1.93 bits per heavy atom. The molecule has 152 valence electrons. The number of hydrogen-bond acceptors (Lipinski definition) is 3. The quantitative estimate of drug-likeness (QED) is 0.455. The number of nitrogens with one attached hydrogen (secondary N) is 1. The van der Waals surface area contributed by atoms with Crippen LogP contribution >= 0.6 is 12.2 Å². The molecule has 4 nitrogen and oxygen atoms in total. The largest absolute Gasteiger partial charge is 0.379 e. The van der Waals surface area contributed by atoms with E-state index in [9.17, 15) is 0 Å². The van der Waals surface area contributed by atoms with Crippen LogP contribution in [0.15, 0.2) is 24.3 Å². The Bertz CT molecular complexity index is 546.